The number of aliphatic hydroxyl groups excluding tert-OH is 2. The van der Waals surface area contributed by atoms with E-state index in [1.165, 1.54) is 16.7 Å². The molecule has 0 fully saturated rings. The molecule has 0 bridgehead atoms. The fourth-order valence-electron chi connectivity index (χ4n) is 4.03. The van der Waals surface area contributed by atoms with E-state index in [1.54, 1.807) is 0 Å². The Morgan fingerprint density at radius 1 is 0.645 bits per heavy atom. The molecule has 3 aromatic rings. The second kappa shape index (κ2) is 11.1. The van der Waals surface area contributed by atoms with Crippen LogP contribution in [0.3, 0.4) is 0 Å². The maximum absolute atomic E-state index is 10.1. The second-order valence-corrected chi connectivity index (χ2v) is 8.59. The van der Waals surface area contributed by atoms with Gasteiger partial charge in [-0.25, -0.2) is 0 Å². The predicted octanol–water partition coefficient (Wildman–Crippen LogP) is 5.19. The molecule has 0 saturated carbocycles. The molecule has 0 aromatic heterocycles. The quantitative estimate of drug-likeness (QED) is 0.476. The van der Waals surface area contributed by atoms with E-state index in [0.717, 1.165) is 35.3 Å². The van der Waals surface area contributed by atoms with Gasteiger partial charge in [0.2, 0.25) is 0 Å². The van der Waals surface area contributed by atoms with Crippen molar-refractivity contribution in [2.75, 3.05) is 13.2 Å². The predicted molar refractivity (Wildman–Crippen MR) is 126 cm³/mol. The van der Waals surface area contributed by atoms with Gasteiger partial charge in [-0.1, -0.05) is 60.7 Å². The van der Waals surface area contributed by atoms with E-state index >= 15 is 0 Å². The average molecular weight is 419 g/mol. The van der Waals surface area contributed by atoms with E-state index in [-0.39, 0.29) is 25.0 Å². The van der Waals surface area contributed by atoms with Gasteiger partial charge in [0.25, 0.3) is 0 Å². The smallest absolute Gasteiger partial charge is 0.122 e. The standard InChI is InChI=1S/C28H34O3/c1-20-9-10-24(13-21(20)2)15-26(17-29)27(18-30)16-25-11-12-28(22(3)14-25)31-19-23-7-5-4-6-8-23/h4-14,26-27,29-30H,15-19H2,1-3H3/t26-,27-/m0/s1. The Morgan fingerprint density at radius 3 is 1.77 bits per heavy atom. The molecular formula is C28H34O3. The molecule has 0 aliphatic carbocycles. The zero-order valence-electron chi connectivity index (χ0n) is 18.8. The largest absolute Gasteiger partial charge is 0.489 e. The lowest BCUT2D eigenvalue weighted by molar-refractivity contribution is 0.119. The maximum atomic E-state index is 10.1. The third-order valence-electron chi connectivity index (χ3n) is 6.18. The van der Waals surface area contributed by atoms with Crippen molar-refractivity contribution in [3.8, 4) is 5.75 Å². The molecule has 31 heavy (non-hydrogen) atoms. The van der Waals surface area contributed by atoms with E-state index in [0.29, 0.717) is 6.61 Å². The summed E-state index contributed by atoms with van der Waals surface area (Å²) in [6.45, 7) is 6.94. The van der Waals surface area contributed by atoms with Crippen LogP contribution in [0.4, 0.5) is 0 Å². The highest BCUT2D eigenvalue weighted by Crippen LogP contribution is 2.26. The molecule has 3 aromatic carbocycles. The maximum Gasteiger partial charge on any atom is 0.122 e. The molecular weight excluding hydrogens is 384 g/mol. The molecule has 0 aliphatic heterocycles. The molecule has 0 amide bonds. The van der Waals surface area contributed by atoms with Crippen molar-refractivity contribution in [1.29, 1.82) is 0 Å². The summed E-state index contributed by atoms with van der Waals surface area (Å²) < 4.78 is 5.99. The summed E-state index contributed by atoms with van der Waals surface area (Å²) in [5.41, 5.74) is 7.12. The SMILES string of the molecule is Cc1ccc(C[C@@H](CO)[C@H](CO)Cc2ccc(OCc3ccccc3)c(C)c2)cc1C. The number of hydrogen-bond donors (Lipinski definition) is 2. The molecule has 0 saturated heterocycles. The molecule has 164 valence electrons. The number of benzene rings is 3. The van der Waals surface area contributed by atoms with E-state index in [1.807, 2.05) is 24.3 Å². The summed E-state index contributed by atoms with van der Waals surface area (Å²) in [5.74, 6) is 0.894. The van der Waals surface area contributed by atoms with Crippen LogP contribution >= 0.6 is 0 Å². The fraction of sp³-hybridized carbons (Fsp3) is 0.357. The van der Waals surface area contributed by atoms with Crippen molar-refractivity contribution in [2.24, 2.45) is 11.8 Å². The van der Waals surface area contributed by atoms with Crippen LogP contribution in [0.15, 0.2) is 66.7 Å². The van der Waals surface area contributed by atoms with Gasteiger partial charge in [-0.15, -0.1) is 0 Å². The van der Waals surface area contributed by atoms with Gasteiger partial charge in [-0.3, -0.25) is 0 Å². The van der Waals surface area contributed by atoms with Gasteiger partial charge >= 0.3 is 0 Å². The lowest BCUT2D eigenvalue weighted by atomic mass is 9.83. The lowest BCUT2D eigenvalue weighted by Crippen LogP contribution is -2.26. The minimum atomic E-state index is 0.00194. The van der Waals surface area contributed by atoms with Gasteiger partial charge in [-0.2, -0.15) is 0 Å². The minimum absolute atomic E-state index is 0.00194. The summed E-state index contributed by atoms with van der Waals surface area (Å²) >= 11 is 0. The third kappa shape index (κ3) is 6.43. The molecule has 3 nitrogen and oxygen atoms in total. The summed E-state index contributed by atoms with van der Waals surface area (Å²) in [7, 11) is 0. The van der Waals surface area contributed by atoms with Gasteiger partial charge in [0, 0.05) is 13.2 Å². The Kier molecular flexibility index (Phi) is 8.27. The zero-order valence-corrected chi connectivity index (χ0v) is 18.8. The monoisotopic (exact) mass is 418 g/mol. The second-order valence-electron chi connectivity index (χ2n) is 8.59. The fourth-order valence-corrected chi connectivity index (χ4v) is 4.03. The molecule has 0 unspecified atom stereocenters. The Hall–Kier alpha value is -2.62. The number of rotatable bonds is 10. The Bertz CT molecular complexity index is 965. The number of aryl methyl sites for hydroxylation is 3. The van der Waals surface area contributed by atoms with Crippen molar-refractivity contribution in [1.82, 2.24) is 0 Å². The van der Waals surface area contributed by atoms with Gasteiger partial charge < -0.3 is 14.9 Å². The van der Waals surface area contributed by atoms with Crippen LogP contribution in [0.1, 0.15) is 33.4 Å². The molecule has 2 atom stereocenters. The Morgan fingerprint density at radius 2 is 1.23 bits per heavy atom. The lowest BCUT2D eigenvalue weighted by Gasteiger charge is -2.25. The summed E-state index contributed by atoms with van der Waals surface area (Å²) in [4.78, 5) is 0. The van der Waals surface area contributed by atoms with E-state index < -0.39 is 0 Å². The third-order valence-corrected chi connectivity index (χ3v) is 6.18. The van der Waals surface area contributed by atoms with Crippen molar-refractivity contribution in [2.45, 2.75) is 40.2 Å². The molecule has 0 heterocycles. The first-order valence-corrected chi connectivity index (χ1v) is 11.0. The van der Waals surface area contributed by atoms with Crippen LogP contribution in [0.2, 0.25) is 0 Å². The topological polar surface area (TPSA) is 49.7 Å². The van der Waals surface area contributed by atoms with Crippen molar-refractivity contribution in [3.05, 3.63) is 100 Å². The van der Waals surface area contributed by atoms with Crippen LogP contribution < -0.4 is 4.74 Å². The van der Waals surface area contributed by atoms with Gasteiger partial charge in [0.05, 0.1) is 0 Å². The van der Waals surface area contributed by atoms with Crippen molar-refractivity contribution >= 4 is 0 Å². The van der Waals surface area contributed by atoms with E-state index in [9.17, 15) is 10.2 Å². The highest BCUT2D eigenvalue weighted by Gasteiger charge is 2.22. The van der Waals surface area contributed by atoms with Gasteiger partial charge in [0.1, 0.15) is 12.4 Å². The number of ether oxygens (including phenoxy) is 1. The first kappa shape index (κ1) is 23.1. The summed E-state index contributed by atoms with van der Waals surface area (Å²) in [5, 5.41) is 20.1. The van der Waals surface area contributed by atoms with E-state index in [4.69, 9.17) is 4.74 Å². The van der Waals surface area contributed by atoms with Crippen LogP contribution in [-0.2, 0) is 19.4 Å². The molecule has 0 spiro atoms. The number of aliphatic hydroxyl groups is 2. The van der Waals surface area contributed by atoms with Crippen LogP contribution in [-0.4, -0.2) is 23.4 Å². The molecule has 0 aliphatic rings. The number of hydrogen-bond acceptors (Lipinski definition) is 3. The van der Waals surface area contributed by atoms with Gasteiger partial charge in [-0.05, 0) is 84.9 Å². The molecule has 0 radical (unpaired) electrons. The van der Waals surface area contributed by atoms with Gasteiger partial charge in [0.15, 0.2) is 0 Å². The summed E-state index contributed by atoms with van der Waals surface area (Å²) in [6, 6.07) is 22.8. The first-order chi connectivity index (χ1) is 15.0. The average Bonchev–Trinajstić information content (AvgIpc) is 2.78. The van der Waals surface area contributed by atoms with Crippen molar-refractivity contribution in [3.63, 3.8) is 0 Å². The molecule has 2 N–H and O–H groups in total. The first-order valence-electron chi connectivity index (χ1n) is 11.0. The normalized spacial score (nSPS) is 13.1. The van der Waals surface area contributed by atoms with Crippen molar-refractivity contribution < 1.29 is 14.9 Å². The minimum Gasteiger partial charge on any atom is -0.489 e. The van der Waals surface area contributed by atoms with E-state index in [2.05, 4.69) is 63.2 Å². The van der Waals surface area contributed by atoms with Crippen LogP contribution in [0, 0.1) is 32.6 Å². The highest BCUT2D eigenvalue weighted by molar-refractivity contribution is 5.37. The zero-order chi connectivity index (χ0) is 22.2. The Labute approximate surface area is 186 Å². The summed E-state index contributed by atoms with van der Waals surface area (Å²) in [6.07, 6.45) is 1.49. The molecule has 3 heteroatoms. The molecule has 3 rings (SSSR count). The Balaban J connectivity index is 1.65. The van der Waals surface area contributed by atoms with Crippen LogP contribution in [0.5, 0.6) is 5.75 Å². The highest BCUT2D eigenvalue weighted by atomic mass is 16.5. The van der Waals surface area contributed by atoms with Crippen LogP contribution in [0.25, 0.3) is 0 Å².